The van der Waals surface area contributed by atoms with Crippen molar-refractivity contribution in [3.63, 3.8) is 0 Å². The van der Waals surface area contributed by atoms with Crippen molar-refractivity contribution in [1.29, 1.82) is 0 Å². The zero-order chi connectivity index (χ0) is 70.3. The normalized spacial score (nSPS) is 26.7. The number of nitrogens with one attached hydrogen (secondary N) is 2. The molecule has 0 radical (unpaired) electrons. The van der Waals surface area contributed by atoms with Gasteiger partial charge in [0.25, 0.3) is 17.8 Å². The molecule has 0 aromatic carbocycles. The van der Waals surface area contributed by atoms with Gasteiger partial charge in [0, 0.05) is 19.4 Å². The number of anilines is 5. The van der Waals surface area contributed by atoms with Crippen molar-refractivity contribution >= 4 is 85.8 Å². The number of amides is 1. The highest BCUT2D eigenvalue weighted by molar-refractivity contribution is 5.93. The predicted molar refractivity (Wildman–Crippen MR) is 327 cm³/mol. The molecule has 4 aliphatic rings. The van der Waals surface area contributed by atoms with Gasteiger partial charge in [-0.3, -0.25) is 28.5 Å². The van der Waals surface area contributed by atoms with Gasteiger partial charge in [-0.2, -0.15) is 40.1 Å². The highest BCUT2D eigenvalue weighted by atomic mass is 16.6. The number of aliphatic hydroxyl groups excluding tert-OH is 12. The minimum absolute atomic E-state index is 0.0451. The Morgan fingerprint density at radius 3 is 1.17 bits per heavy atom. The maximum absolute atomic E-state index is 11.8. The van der Waals surface area contributed by atoms with Crippen LogP contribution in [0.25, 0.3) is 56.6 Å². The molecule has 16 atom stereocenters. The number of hydrogen-bond acceptors (Lipinski definition) is 39. The van der Waals surface area contributed by atoms with Crippen LogP contribution in [0.4, 0.5) is 29.2 Å². The van der Waals surface area contributed by atoms with Gasteiger partial charge in [-0.05, 0) is 13.8 Å². The smallest absolute Gasteiger partial charge is 0.341 e. The molecule has 4 saturated heterocycles. The molecule has 4 fully saturated rings. The summed E-state index contributed by atoms with van der Waals surface area (Å²) in [5, 5.41) is 128. The summed E-state index contributed by atoms with van der Waals surface area (Å²) in [6, 6.07) is 0. The van der Waals surface area contributed by atoms with Gasteiger partial charge >= 0.3 is 5.97 Å². The number of hydrazine groups is 1. The molecule has 0 bridgehead atoms. The highest BCUT2D eigenvalue weighted by Gasteiger charge is 2.48. The number of aryl methyl sites for hydroxylation is 1. The number of nitrogen functional groups attached to an aromatic ring is 5. The van der Waals surface area contributed by atoms with Crippen molar-refractivity contribution < 1.29 is 94.6 Å². The van der Waals surface area contributed by atoms with Crippen LogP contribution in [0.1, 0.15) is 58.4 Å². The van der Waals surface area contributed by atoms with Crippen LogP contribution in [-0.4, -0.2) is 284 Å². The van der Waals surface area contributed by atoms with E-state index in [0.29, 0.717) is 28.1 Å². The Morgan fingerprint density at radius 2 is 0.827 bits per heavy atom. The molecule has 524 valence electrons. The first-order valence-electron chi connectivity index (χ1n) is 29.4. The zero-order valence-electron chi connectivity index (χ0n) is 51.4. The van der Waals surface area contributed by atoms with E-state index in [9.17, 15) is 60.7 Å². The number of imidazole rings is 4. The summed E-state index contributed by atoms with van der Waals surface area (Å²) >= 11 is 0. The molecule has 0 aliphatic carbocycles. The van der Waals surface area contributed by atoms with Gasteiger partial charge in [0.05, 0.1) is 81.9 Å². The molecule has 46 nitrogen and oxygen atoms in total. The van der Waals surface area contributed by atoms with E-state index < -0.39 is 131 Å². The molecule has 14 heterocycles. The number of carbonyl (C=O) groups is 2. The third-order valence-electron chi connectivity index (χ3n) is 15.8. The van der Waals surface area contributed by atoms with Gasteiger partial charge in [-0.25, -0.2) is 49.9 Å². The lowest BCUT2D eigenvalue weighted by molar-refractivity contribution is -0.0511. The standard InChI is InChI=1S/C16H19N7O6.C15H18N8O5.C11H15N5O4.C10H15N7O4/c1-2-28-15(27)7-3-19-23(4-7)16-20-12(17)9-13(21-16)22(6-18-9)14-11(26)10(25)8(5-24)29-14;1-17-13(27)6-2-19-23(3-6)15-20-11(16)8-12(21-15)22(5-18-8)14-10(26)9(25)7(4-24)28-14;1-4-14-9(12)6-10(15-4)16(3-13-6)11-8(19)7(18)5(2-17)20-11;11-7-4-8(15-10(14-7)16-12)17(2-13-4)9-6(20)5(19)3(1-18)21-9/h3-4,6,8,10-11,14,24-26H,2,5H2,1H3,(H2,17,20,21);2-3,5,7,9-10,14,24-26H,4H2,1H3,(H,17,27)(H2,16,20,21);3,5,7-8,11,17-19H,2H2,1H3,(H2,12,14,15);2-3,5-6,9,18-20H,1,12H2,(H3,11,14,15,16)/t8-,10-,11-,14-;7-,9-,10-,14-;5-,7-,8-,11-;3-,5-,6-,9-/m1111/s1. The predicted octanol–water partition coefficient (Wildman–Crippen LogP) is -8.42. The molecular formula is C52H67N27O19. The van der Waals surface area contributed by atoms with E-state index in [4.69, 9.17) is 62.7 Å². The lowest BCUT2D eigenvalue weighted by Gasteiger charge is -2.16. The molecule has 0 spiro atoms. The summed E-state index contributed by atoms with van der Waals surface area (Å²) in [6.07, 6.45) is -6.62. The molecule has 10 aromatic heterocycles. The summed E-state index contributed by atoms with van der Waals surface area (Å²) < 4.78 is 35.0. The zero-order valence-corrected chi connectivity index (χ0v) is 51.4. The minimum atomic E-state index is -1.32. The lowest BCUT2D eigenvalue weighted by Crippen LogP contribution is -2.33. The van der Waals surface area contributed by atoms with Crippen LogP contribution in [-0.2, 0) is 23.7 Å². The fourth-order valence-corrected chi connectivity index (χ4v) is 10.7. The second-order valence-electron chi connectivity index (χ2n) is 21.9. The lowest BCUT2D eigenvalue weighted by atomic mass is 10.1. The molecular weight excluding hydrogens is 1310 g/mol. The number of aliphatic hydroxyl groups is 12. The monoisotopic (exact) mass is 1370 g/mol. The van der Waals surface area contributed by atoms with Gasteiger partial charge < -0.3 is 113 Å². The van der Waals surface area contributed by atoms with Crippen molar-refractivity contribution in [1.82, 2.24) is 103 Å². The van der Waals surface area contributed by atoms with Crippen molar-refractivity contribution in [3.8, 4) is 11.9 Å². The number of nitrogens with two attached hydrogens (primary N) is 5. The first kappa shape index (κ1) is 69.2. The second-order valence-corrected chi connectivity index (χ2v) is 21.9. The minimum Gasteiger partial charge on any atom is -0.462 e. The molecule has 4 aliphatic heterocycles. The van der Waals surface area contributed by atoms with E-state index in [0.717, 1.165) is 0 Å². The summed E-state index contributed by atoms with van der Waals surface area (Å²) in [4.78, 5) is 73.2. The van der Waals surface area contributed by atoms with E-state index in [2.05, 4.69) is 80.7 Å². The van der Waals surface area contributed by atoms with Crippen LogP contribution in [0.15, 0.2) is 50.1 Å². The number of aromatic nitrogens is 20. The van der Waals surface area contributed by atoms with Crippen LogP contribution in [0.5, 0.6) is 0 Å². The molecule has 98 heavy (non-hydrogen) atoms. The maximum Gasteiger partial charge on any atom is 0.341 e. The fraction of sp³-hybridized carbons (Fsp3) is 0.462. The van der Waals surface area contributed by atoms with E-state index in [1.807, 2.05) is 0 Å². The molecule has 14 rings (SSSR count). The van der Waals surface area contributed by atoms with Crippen LogP contribution in [0.2, 0.25) is 0 Å². The molecule has 10 aromatic rings. The van der Waals surface area contributed by atoms with Gasteiger partial charge in [0.2, 0.25) is 5.95 Å². The van der Waals surface area contributed by atoms with Crippen molar-refractivity contribution in [2.24, 2.45) is 5.84 Å². The topological polar surface area (TPSA) is 687 Å². The highest BCUT2D eigenvalue weighted by Crippen LogP contribution is 2.37. The fourth-order valence-electron chi connectivity index (χ4n) is 10.7. The third kappa shape index (κ3) is 12.9. The number of ether oxygens (including phenoxy) is 5. The molecule has 24 N–H and O–H groups in total. The Morgan fingerprint density at radius 1 is 0.490 bits per heavy atom. The average Bonchev–Trinajstić information content (AvgIpc) is 1.63. The number of rotatable bonds is 14. The van der Waals surface area contributed by atoms with E-state index in [-0.39, 0.29) is 87.2 Å². The summed E-state index contributed by atoms with van der Waals surface area (Å²) in [5.41, 5.74) is 28.6. The number of nitrogens with zero attached hydrogens (tertiary/aromatic N) is 20. The van der Waals surface area contributed by atoms with E-state index in [1.165, 1.54) is 84.8 Å². The van der Waals surface area contributed by atoms with E-state index >= 15 is 0 Å². The van der Waals surface area contributed by atoms with Crippen LogP contribution < -0.4 is 39.5 Å². The number of carbonyl (C=O) groups excluding carboxylic acids is 2. The molecule has 46 heteroatoms. The Labute approximate surface area is 547 Å². The Hall–Kier alpha value is -10.1. The number of esters is 1. The summed E-state index contributed by atoms with van der Waals surface area (Å²) in [5.74, 6) is 5.52. The Bertz CT molecular complexity index is 4490. The van der Waals surface area contributed by atoms with Gasteiger partial charge in [-0.1, -0.05) is 0 Å². The molecule has 1 amide bonds. The SMILES string of the molecule is CCOC(=O)c1cnn(-c2nc(N)c3ncn([C@@H]4O[C@H](CO)[C@@H](O)[C@H]4O)c3n2)c1.CNC(=O)c1cnn(-c2nc(N)c3ncn([C@@H]4O[C@H](CO)[C@@H](O)[C@H]4O)c3n2)c1.Cc1nc(N)c2ncn([C@@H]3O[C@H](CO)[C@@H](O)[C@H]3O)c2n1.NNc1nc(N)c2ncn([C@@H]3O[C@H](CO)[C@@H](O)[C@H]3O)c2n1. The maximum atomic E-state index is 11.8. The molecule has 0 unspecified atom stereocenters. The average molecular weight is 1370 g/mol. The first-order chi connectivity index (χ1) is 47.0. The first-order valence-corrected chi connectivity index (χ1v) is 29.4. The summed E-state index contributed by atoms with van der Waals surface area (Å²) in [6.45, 7) is 1.87. The number of hydrogen-bond donors (Lipinski definition) is 19. The van der Waals surface area contributed by atoms with Crippen LogP contribution >= 0.6 is 0 Å². The third-order valence-corrected chi connectivity index (χ3v) is 15.8. The largest absolute Gasteiger partial charge is 0.462 e. The van der Waals surface area contributed by atoms with Gasteiger partial charge in [-0.15, -0.1) is 0 Å². The Balaban J connectivity index is 0.000000134. The molecule has 0 saturated carbocycles. The van der Waals surface area contributed by atoms with Crippen molar-refractivity contribution in [2.45, 2.75) is 112 Å². The van der Waals surface area contributed by atoms with Crippen molar-refractivity contribution in [2.75, 3.05) is 68.4 Å². The van der Waals surface area contributed by atoms with Crippen LogP contribution in [0.3, 0.4) is 0 Å². The van der Waals surface area contributed by atoms with E-state index in [1.54, 1.807) is 13.8 Å². The second kappa shape index (κ2) is 28.5. The number of fused-ring (bicyclic) bond motifs is 4. The van der Waals surface area contributed by atoms with Gasteiger partial charge in [0.15, 0.2) is 70.8 Å². The Kier molecular flexibility index (Phi) is 20.2. The van der Waals surface area contributed by atoms with Gasteiger partial charge in [0.1, 0.15) is 101 Å². The summed E-state index contributed by atoms with van der Waals surface area (Å²) in [7, 11) is 1.50. The van der Waals surface area contributed by atoms with Crippen LogP contribution in [0, 0.1) is 6.92 Å². The quantitative estimate of drug-likeness (QED) is 0.0273. The van der Waals surface area contributed by atoms with Crippen molar-refractivity contribution in [3.05, 3.63) is 67.0 Å².